The van der Waals surface area contributed by atoms with E-state index >= 15 is 0 Å². The average Bonchev–Trinajstić information content (AvgIpc) is 3.16. The number of rotatable bonds is 8. The molecule has 0 unspecified atom stereocenters. The quantitative estimate of drug-likeness (QED) is 0.335. The molecular weight excluding hydrogens is 445 g/mol. The zero-order chi connectivity index (χ0) is 24.5. The van der Waals surface area contributed by atoms with Crippen molar-refractivity contribution in [1.82, 2.24) is 19.5 Å². The summed E-state index contributed by atoms with van der Waals surface area (Å²) in [7, 11) is -3.40. The van der Waals surface area contributed by atoms with E-state index in [0.29, 0.717) is 40.9 Å². The molecule has 0 fully saturated rings. The molecule has 0 aliphatic rings. The van der Waals surface area contributed by atoms with Crippen molar-refractivity contribution in [2.45, 2.75) is 39.6 Å². The third kappa shape index (κ3) is 5.20. The lowest BCUT2D eigenvalue weighted by atomic mass is 9.86. The minimum absolute atomic E-state index is 0.140. The van der Waals surface area contributed by atoms with Crippen molar-refractivity contribution in [2.24, 2.45) is 5.92 Å². The minimum Gasteiger partial charge on any atom is -0.422 e. The van der Waals surface area contributed by atoms with Crippen LogP contribution in [0.3, 0.4) is 0 Å². The molecule has 0 atom stereocenters. The molecule has 3 heterocycles. The van der Waals surface area contributed by atoms with E-state index in [-0.39, 0.29) is 5.59 Å². The van der Waals surface area contributed by atoms with Crippen molar-refractivity contribution in [3.63, 3.8) is 0 Å². The number of nitrogen functional groups attached to an aromatic ring is 1. The Hall–Kier alpha value is -3.05. The summed E-state index contributed by atoms with van der Waals surface area (Å²) in [4.78, 5) is 13.4. The van der Waals surface area contributed by atoms with E-state index in [4.69, 9.17) is 15.1 Å². The van der Waals surface area contributed by atoms with Crippen molar-refractivity contribution < 1.29 is 14.5 Å². The lowest BCUT2D eigenvalue weighted by Crippen LogP contribution is -2.32. The van der Waals surface area contributed by atoms with Crippen molar-refractivity contribution in [3.8, 4) is 17.1 Å². The molecule has 1 aromatic carbocycles. The Morgan fingerprint density at radius 1 is 1.06 bits per heavy atom. The van der Waals surface area contributed by atoms with Crippen LogP contribution < -0.4 is 11.3 Å². The fourth-order valence-electron chi connectivity index (χ4n) is 4.21. The maximum absolute atomic E-state index is 9.65. The van der Waals surface area contributed by atoms with Gasteiger partial charge in [-0.2, -0.15) is 0 Å². The standard InChI is InChI=1S/C24H30BN5O3Si/c1-16(2)15-34(3,4)33-14-17-7-9-18(10-8-17)30-23(19-6-5-13-27-22(19)26)28-20-11-12-21(25(31)32)29-24(20)30/h5-13,16,31-32H,14-15H2,1-4H3,(H2,26,27). The number of pyridine rings is 2. The Balaban J connectivity index is 1.74. The molecule has 0 saturated carbocycles. The number of nitrogens with zero attached hydrogens (tertiary/aromatic N) is 4. The molecule has 0 bridgehead atoms. The summed E-state index contributed by atoms with van der Waals surface area (Å²) in [5.74, 6) is 1.54. The van der Waals surface area contributed by atoms with Gasteiger partial charge in [0.25, 0.3) is 0 Å². The number of hydrogen-bond acceptors (Lipinski definition) is 7. The van der Waals surface area contributed by atoms with Gasteiger partial charge in [0, 0.05) is 11.9 Å². The summed E-state index contributed by atoms with van der Waals surface area (Å²) >= 11 is 0. The van der Waals surface area contributed by atoms with Gasteiger partial charge in [0.15, 0.2) is 19.8 Å². The smallest absolute Gasteiger partial charge is 0.422 e. The van der Waals surface area contributed by atoms with Crippen LogP contribution in [0.15, 0.2) is 54.7 Å². The molecule has 34 heavy (non-hydrogen) atoms. The van der Waals surface area contributed by atoms with E-state index in [0.717, 1.165) is 17.3 Å². The number of aromatic nitrogens is 4. The van der Waals surface area contributed by atoms with E-state index in [1.54, 1.807) is 24.4 Å². The van der Waals surface area contributed by atoms with Crippen LogP contribution in [0.2, 0.25) is 19.1 Å². The summed E-state index contributed by atoms with van der Waals surface area (Å²) < 4.78 is 8.16. The molecule has 4 N–H and O–H groups in total. The van der Waals surface area contributed by atoms with Crippen LogP contribution in [0.5, 0.6) is 0 Å². The van der Waals surface area contributed by atoms with Crippen molar-refractivity contribution in [2.75, 3.05) is 5.73 Å². The second-order valence-electron chi connectivity index (χ2n) is 9.47. The van der Waals surface area contributed by atoms with E-state index in [1.807, 2.05) is 34.9 Å². The Bertz CT molecular complexity index is 1290. The number of imidazole rings is 1. The Morgan fingerprint density at radius 3 is 2.44 bits per heavy atom. The molecule has 176 valence electrons. The maximum Gasteiger partial charge on any atom is 0.508 e. The van der Waals surface area contributed by atoms with Gasteiger partial charge in [-0.1, -0.05) is 26.0 Å². The van der Waals surface area contributed by atoms with Gasteiger partial charge in [0.05, 0.1) is 17.8 Å². The van der Waals surface area contributed by atoms with Gasteiger partial charge in [0.2, 0.25) is 0 Å². The zero-order valence-corrected chi connectivity index (χ0v) is 20.9. The maximum atomic E-state index is 9.65. The number of benzene rings is 1. The van der Waals surface area contributed by atoms with Gasteiger partial charge < -0.3 is 20.2 Å². The highest BCUT2D eigenvalue weighted by Crippen LogP contribution is 2.30. The Morgan fingerprint density at radius 2 is 1.79 bits per heavy atom. The first-order valence-corrected chi connectivity index (χ1v) is 14.5. The molecule has 4 aromatic rings. The van der Waals surface area contributed by atoms with Crippen LogP contribution in [0, 0.1) is 5.92 Å². The molecule has 0 spiro atoms. The van der Waals surface area contributed by atoms with Crippen LogP contribution in [0.1, 0.15) is 19.4 Å². The summed E-state index contributed by atoms with van der Waals surface area (Å²) in [6.45, 7) is 9.53. The van der Waals surface area contributed by atoms with Crippen LogP contribution >= 0.6 is 0 Å². The van der Waals surface area contributed by atoms with Crippen molar-refractivity contribution >= 4 is 38.0 Å². The van der Waals surface area contributed by atoms with Gasteiger partial charge in [-0.25, -0.2) is 15.0 Å². The minimum atomic E-state index is -1.72. The van der Waals surface area contributed by atoms with E-state index in [9.17, 15) is 10.0 Å². The molecule has 4 rings (SSSR count). The van der Waals surface area contributed by atoms with Crippen LogP contribution in [0.4, 0.5) is 5.82 Å². The molecule has 0 aliphatic carbocycles. The third-order valence-electron chi connectivity index (χ3n) is 5.59. The molecular formula is C24H30BN5O3Si. The highest BCUT2D eigenvalue weighted by Gasteiger charge is 2.24. The van der Waals surface area contributed by atoms with Crippen molar-refractivity contribution in [1.29, 1.82) is 0 Å². The van der Waals surface area contributed by atoms with E-state index in [2.05, 4.69) is 36.9 Å². The zero-order valence-electron chi connectivity index (χ0n) is 19.9. The number of anilines is 1. The monoisotopic (exact) mass is 475 g/mol. The van der Waals surface area contributed by atoms with Crippen LogP contribution in [0.25, 0.3) is 28.2 Å². The second kappa shape index (κ2) is 9.67. The summed E-state index contributed by atoms with van der Waals surface area (Å²) in [6, 6.07) is 16.1. The number of fused-ring (bicyclic) bond motifs is 1. The average molecular weight is 475 g/mol. The fraction of sp³-hybridized carbons (Fsp3) is 0.292. The topological polar surface area (TPSA) is 119 Å². The van der Waals surface area contributed by atoms with Gasteiger partial charge in [0.1, 0.15) is 11.3 Å². The van der Waals surface area contributed by atoms with Gasteiger partial charge >= 0.3 is 7.12 Å². The van der Waals surface area contributed by atoms with Crippen LogP contribution in [-0.4, -0.2) is 45.0 Å². The molecule has 0 aliphatic heterocycles. The van der Waals surface area contributed by atoms with Gasteiger partial charge in [-0.05, 0) is 67.0 Å². The van der Waals surface area contributed by atoms with E-state index in [1.165, 1.54) is 0 Å². The largest absolute Gasteiger partial charge is 0.508 e. The first-order chi connectivity index (χ1) is 16.1. The predicted molar refractivity (Wildman–Crippen MR) is 138 cm³/mol. The Labute approximate surface area is 200 Å². The number of nitrogens with two attached hydrogens (primary N) is 1. The molecule has 0 amide bonds. The highest BCUT2D eigenvalue weighted by atomic mass is 28.4. The third-order valence-corrected chi connectivity index (χ3v) is 8.32. The van der Waals surface area contributed by atoms with E-state index < -0.39 is 15.4 Å². The second-order valence-corrected chi connectivity index (χ2v) is 13.7. The summed E-state index contributed by atoms with van der Waals surface area (Å²) in [6.07, 6.45) is 1.63. The SMILES string of the molecule is CC(C)C[Si](C)(C)OCc1ccc(-n2c(-c3cccnc3N)nc3ccc(B(O)O)nc32)cc1. The molecule has 8 nitrogen and oxygen atoms in total. The lowest BCUT2D eigenvalue weighted by Gasteiger charge is -2.24. The normalized spacial score (nSPS) is 12.0. The summed E-state index contributed by atoms with van der Waals surface area (Å²) in [5.41, 5.74) is 9.98. The van der Waals surface area contributed by atoms with Crippen molar-refractivity contribution in [3.05, 3.63) is 60.3 Å². The lowest BCUT2D eigenvalue weighted by molar-refractivity contribution is 0.291. The molecule has 10 heteroatoms. The first-order valence-electron chi connectivity index (χ1n) is 11.3. The molecule has 0 saturated heterocycles. The highest BCUT2D eigenvalue weighted by molar-refractivity contribution is 6.71. The predicted octanol–water partition coefficient (Wildman–Crippen LogP) is 3.12. The van der Waals surface area contributed by atoms with Gasteiger partial charge in [-0.15, -0.1) is 0 Å². The fourth-order valence-corrected chi connectivity index (χ4v) is 6.85. The summed E-state index contributed by atoms with van der Waals surface area (Å²) in [5, 5.41) is 19.3. The Kier molecular flexibility index (Phi) is 6.85. The van der Waals surface area contributed by atoms with Crippen LogP contribution in [-0.2, 0) is 11.0 Å². The van der Waals surface area contributed by atoms with Gasteiger partial charge in [-0.3, -0.25) is 4.57 Å². The number of hydrogen-bond donors (Lipinski definition) is 3. The molecule has 0 radical (unpaired) electrons. The molecule has 3 aromatic heterocycles. The first kappa shape index (κ1) is 24.1.